The number of nitrogens with one attached hydrogen (secondary N) is 1. The molecular weight excluding hydrogens is 198 g/mol. The van der Waals surface area contributed by atoms with Gasteiger partial charge in [-0.15, -0.1) is 0 Å². The van der Waals surface area contributed by atoms with Crippen LogP contribution in [0.4, 0.5) is 0 Å². The lowest BCUT2D eigenvalue weighted by Gasteiger charge is -2.26. The van der Waals surface area contributed by atoms with Gasteiger partial charge in [0, 0.05) is 13.8 Å². The zero-order valence-electron chi connectivity index (χ0n) is 11.6. The van der Waals surface area contributed by atoms with E-state index >= 15 is 0 Å². The smallest absolute Gasteiger partial charge is 0.220 e. The summed E-state index contributed by atoms with van der Waals surface area (Å²) in [5.41, 5.74) is 0. The van der Waals surface area contributed by atoms with Crippen LogP contribution >= 0.6 is 0 Å². The van der Waals surface area contributed by atoms with E-state index in [1.165, 1.54) is 19.3 Å². The normalized spacial score (nSPS) is 26.2. The quantitative estimate of drug-likeness (QED) is 0.688. The van der Waals surface area contributed by atoms with E-state index < -0.39 is 0 Å². The van der Waals surface area contributed by atoms with Crippen LogP contribution in [0.1, 0.15) is 73.0 Å². The summed E-state index contributed by atoms with van der Waals surface area (Å²) in [6.07, 6.45) is 9.74. The van der Waals surface area contributed by atoms with Crippen molar-refractivity contribution in [2.24, 2.45) is 5.92 Å². The molecule has 0 aliphatic heterocycles. The number of carbonyl (C=O) groups is 1. The van der Waals surface area contributed by atoms with Crippen LogP contribution in [-0.4, -0.2) is 11.9 Å². The fraction of sp³-hybridized carbons (Fsp3) is 0.929. The molecule has 0 bridgehead atoms. The molecule has 1 rings (SSSR count). The Bertz CT molecular complexity index is 212. The summed E-state index contributed by atoms with van der Waals surface area (Å²) in [4.78, 5) is 11.7. The summed E-state index contributed by atoms with van der Waals surface area (Å²) in [7, 11) is 0. The van der Waals surface area contributed by atoms with Crippen LogP contribution in [0.3, 0.4) is 0 Å². The average molecular weight is 226 g/mol. The first-order chi connectivity index (χ1) is 8.26. The zero-order valence-corrected chi connectivity index (χ0v) is 10.6. The highest BCUT2D eigenvalue weighted by molar-refractivity contribution is 5.76. The van der Waals surface area contributed by atoms with Crippen molar-refractivity contribution in [2.45, 2.75) is 77.7 Å². The number of hydrogen-bond acceptors (Lipinski definition) is 1. The first kappa shape index (κ1) is 11.9. The van der Waals surface area contributed by atoms with E-state index in [0.29, 0.717) is 25.3 Å². The van der Waals surface area contributed by atoms with Crippen molar-refractivity contribution in [3.05, 3.63) is 0 Å². The summed E-state index contributed by atoms with van der Waals surface area (Å²) in [5.74, 6) is 0.808. The molecule has 94 valence electrons. The van der Waals surface area contributed by atoms with Crippen molar-refractivity contribution < 1.29 is 6.17 Å². The fourth-order valence-electron chi connectivity index (χ4n) is 2.32. The molecule has 0 unspecified atom stereocenters. The standard InChI is InChI=1S/C14H27NO/c1-3-4-5-6-7-14(16)15-13-10-8-12(2)9-11-13/h12-13H,3-11H2,1-2H3,(H,15,16)/i2D. The van der Waals surface area contributed by atoms with Gasteiger partial charge < -0.3 is 5.32 Å². The SMILES string of the molecule is [2H]CC1CCC(NC(=O)CCCCCC)CC1. The number of carbonyl (C=O) groups excluding carboxylic acids is 1. The summed E-state index contributed by atoms with van der Waals surface area (Å²) in [5, 5.41) is 3.14. The van der Waals surface area contributed by atoms with Crippen LogP contribution in [-0.2, 0) is 4.79 Å². The Balaban J connectivity index is 2.06. The Morgan fingerprint density at radius 1 is 1.25 bits per heavy atom. The third-order valence-corrected chi connectivity index (χ3v) is 3.47. The van der Waals surface area contributed by atoms with Gasteiger partial charge in [0.2, 0.25) is 5.91 Å². The lowest BCUT2D eigenvalue weighted by molar-refractivity contribution is -0.122. The van der Waals surface area contributed by atoms with E-state index in [9.17, 15) is 4.79 Å². The van der Waals surface area contributed by atoms with Gasteiger partial charge in [-0.2, -0.15) is 0 Å². The fourth-order valence-corrected chi connectivity index (χ4v) is 2.32. The molecule has 16 heavy (non-hydrogen) atoms. The Morgan fingerprint density at radius 2 is 2.00 bits per heavy atom. The molecule has 1 amide bonds. The second-order valence-corrected chi connectivity index (χ2v) is 5.10. The van der Waals surface area contributed by atoms with Crippen molar-refractivity contribution in [1.82, 2.24) is 5.32 Å². The maximum Gasteiger partial charge on any atom is 0.220 e. The summed E-state index contributed by atoms with van der Waals surface area (Å²) < 4.78 is 7.35. The van der Waals surface area contributed by atoms with E-state index in [-0.39, 0.29) is 5.91 Å². The van der Waals surface area contributed by atoms with Gasteiger partial charge in [0.05, 0.1) is 0 Å². The Kier molecular flexibility index (Phi) is 5.74. The van der Waals surface area contributed by atoms with E-state index in [1.54, 1.807) is 0 Å². The molecule has 1 saturated carbocycles. The van der Waals surface area contributed by atoms with E-state index in [0.717, 1.165) is 32.1 Å². The first-order valence-corrected chi connectivity index (χ1v) is 6.84. The minimum atomic E-state index is 0.232. The molecule has 1 fully saturated rings. The minimum Gasteiger partial charge on any atom is -0.353 e. The van der Waals surface area contributed by atoms with Crippen LogP contribution in [0.25, 0.3) is 0 Å². The van der Waals surface area contributed by atoms with Gasteiger partial charge in [-0.1, -0.05) is 33.1 Å². The average Bonchev–Trinajstić information content (AvgIpc) is 2.36. The molecule has 0 aromatic rings. The topological polar surface area (TPSA) is 29.1 Å². The highest BCUT2D eigenvalue weighted by Crippen LogP contribution is 2.23. The molecule has 0 atom stereocenters. The van der Waals surface area contributed by atoms with Crippen LogP contribution in [0.5, 0.6) is 0 Å². The molecule has 1 aliphatic carbocycles. The van der Waals surface area contributed by atoms with E-state index in [2.05, 4.69) is 12.2 Å². The van der Waals surface area contributed by atoms with Crippen molar-refractivity contribution in [3.63, 3.8) is 0 Å². The third kappa shape index (κ3) is 5.53. The molecule has 0 radical (unpaired) electrons. The second kappa shape index (κ2) is 7.70. The molecule has 0 saturated heterocycles. The van der Waals surface area contributed by atoms with Gasteiger partial charge in [-0.05, 0) is 38.0 Å². The number of hydrogen-bond donors (Lipinski definition) is 1. The highest BCUT2D eigenvalue weighted by Gasteiger charge is 2.19. The van der Waals surface area contributed by atoms with Crippen molar-refractivity contribution in [1.29, 1.82) is 0 Å². The highest BCUT2D eigenvalue weighted by atomic mass is 16.1. The van der Waals surface area contributed by atoms with E-state index in [4.69, 9.17) is 1.37 Å². The van der Waals surface area contributed by atoms with Crippen molar-refractivity contribution in [3.8, 4) is 0 Å². The van der Waals surface area contributed by atoms with Crippen LogP contribution < -0.4 is 5.32 Å². The molecule has 0 heterocycles. The predicted octanol–water partition coefficient (Wildman–Crippen LogP) is 3.65. The van der Waals surface area contributed by atoms with Crippen LogP contribution in [0.2, 0.25) is 0 Å². The van der Waals surface area contributed by atoms with Gasteiger partial charge in [-0.3, -0.25) is 4.79 Å². The van der Waals surface area contributed by atoms with Gasteiger partial charge in [-0.25, -0.2) is 0 Å². The lowest BCUT2D eigenvalue weighted by Crippen LogP contribution is -2.37. The van der Waals surface area contributed by atoms with Crippen molar-refractivity contribution >= 4 is 5.91 Å². The largest absolute Gasteiger partial charge is 0.353 e. The maximum atomic E-state index is 11.7. The van der Waals surface area contributed by atoms with Crippen molar-refractivity contribution in [2.75, 3.05) is 0 Å². The summed E-state index contributed by atoms with van der Waals surface area (Å²) in [6.45, 7) is 2.74. The Labute approximate surface area is 102 Å². The molecule has 0 spiro atoms. The molecule has 1 aliphatic rings. The van der Waals surface area contributed by atoms with Crippen LogP contribution in [0, 0.1) is 5.92 Å². The first-order valence-electron chi connectivity index (χ1n) is 7.55. The van der Waals surface area contributed by atoms with Gasteiger partial charge in [0.1, 0.15) is 0 Å². The molecule has 2 nitrogen and oxygen atoms in total. The maximum absolute atomic E-state index is 11.7. The minimum absolute atomic E-state index is 0.232. The third-order valence-electron chi connectivity index (χ3n) is 3.47. The predicted molar refractivity (Wildman–Crippen MR) is 68.3 cm³/mol. The molecular formula is C14H27NO. The molecule has 2 heteroatoms. The number of amides is 1. The second-order valence-electron chi connectivity index (χ2n) is 5.10. The van der Waals surface area contributed by atoms with Gasteiger partial charge >= 0.3 is 0 Å². The van der Waals surface area contributed by atoms with E-state index in [1.807, 2.05) is 0 Å². The summed E-state index contributed by atoms with van der Waals surface area (Å²) in [6, 6.07) is 0.386. The van der Waals surface area contributed by atoms with Gasteiger partial charge in [0.25, 0.3) is 0 Å². The molecule has 0 aromatic carbocycles. The van der Waals surface area contributed by atoms with Gasteiger partial charge in [0.15, 0.2) is 0 Å². The monoisotopic (exact) mass is 226 g/mol. The zero-order chi connectivity index (χ0) is 12.5. The summed E-state index contributed by atoms with van der Waals surface area (Å²) >= 11 is 0. The molecule has 0 aromatic heterocycles. The molecule has 1 N–H and O–H groups in total. The Morgan fingerprint density at radius 3 is 2.62 bits per heavy atom. The van der Waals surface area contributed by atoms with Crippen LogP contribution in [0.15, 0.2) is 0 Å². The number of rotatable bonds is 6. The Hall–Kier alpha value is -0.530. The number of unbranched alkanes of at least 4 members (excludes halogenated alkanes) is 3. The lowest BCUT2D eigenvalue weighted by atomic mass is 9.87.